The molecule has 0 saturated heterocycles. The van der Waals surface area contributed by atoms with Crippen LogP contribution in [0.1, 0.15) is 19.4 Å². The SMILES string of the molecule is CCOC(=O)C(C#N)Cc1ccc(OCC)c(OC)c1. The van der Waals surface area contributed by atoms with E-state index in [4.69, 9.17) is 19.5 Å². The molecule has 0 N–H and O–H groups in total. The van der Waals surface area contributed by atoms with Gasteiger partial charge in [0.25, 0.3) is 0 Å². The van der Waals surface area contributed by atoms with Crippen LogP contribution >= 0.6 is 0 Å². The van der Waals surface area contributed by atoms with Gasteiger partial charge in [-0.15, -0.1) is 0 Å². The molecule has 0 radical (unpaired) electrons. The largest absolute Gasteiger partial charge is 0.493 e. The lowest BCUT2D eigenvalue weighted by Crippen LogP contribution is -2.18. The zero-order chi connectivity index (χ0) is 15.0. The fourth-order valence-electron chi connectivity index (χ4n) is 1.77. The average Bonchev–Trinajstić information content (AvgIpc) is 2.46. The second kappa shape index (κ2) is 8.05. The molecule has 0 aliphatic heterocycles. The van der Waals surface area contributed by atoms with Gasteiger partial charge >= 0.3 is 5.97 Å². The van der Waals surface area contributed by atoms with Crippen LogP contribution in [-0.2, 0) is 16.0 Å². The molecule has 0 bridgehead atoms. The zero-order valence-corrected chi connectivity index (χ0v) is 12.0. The summed E-state index contributed by atoms with van der Waals surface area (Å²) in [4.78, 5) is 11.6. The molecule has 1 aromatic rings. The van der Waals surface area contributed by atoms with E-state index in [1.165, 1.54) is 0 Å². The van der Waals surface area contributed by atoms with E-state index in [1.807, 2.05) is 19.1 Å². The zero-order valence-electron chi connectivity index (χ0n) is 12.0. The van der Waals surface area contributed by atoms with Crippen molar-refractivity contribution in [3.05, 3.63) is 23.8 Å². The van der Waals surface area contributed by atoms with Crippen LogP contribution in [0.3, 0.4) is 0 Å². The third kappa shape index (κ3) is 4.16. The van der Waals surface area contributed by atoms with Crippen LogP contribution in [0.15, 0.2) is 18.2 Å². The molecule has 0 heterocycles. The monoisotopic (exact) mass is 277 g/mol. The lowest BCUT2D eigenvalue weighted by Gasteiger charge is -2.12. The van der Waals surface area contributed by atoms with Crippen LogP contribution in [0.5, 0.6) is 11.5 Å². The number of esters is 1. The summed E-state index contributed by atoms with van der Waals surface area (Å²) in [5, 5.41) is 9.04. The van der Waals surface area contributed by atoms with Crippen molar-refractivity contribution in [1.82, 2.24) is 0 Å². The Bertz CT molecular complexity index is 493. The summed E-state index contributed by atoms with van der Waals surface area (Å²) >= 11 is 0. The molecule has 5 nitrogen and oxygen atoms in total. The highest BCUT2D eigenvalue weighted by atomic mass is 16.5. The first-order valence-corrected chi connectivity index (χ1v) is 6.52. The standard InChI is InChI=1S/C15H19NO4/c1-4-19-13-7-6-11(9-14(13)18-3)8-12(10-16)15(17)20-5-2/h6-7,9,12H,4-5,8H2,1-3H3. The predicted octanol–water partition coefficient (Wildman–Crippen LogP) is 2.34. The molecular weight excluding hydrogens is 258 g/mol. The minimum atomic E-state index is -0.808. The molecule has 0 aromatic heterocycles. The van der Waals surface area contributed by atoms with Gasteiger partial charge in [-0.2, -0.15) is 5.26 Å². The first-order valence-electron chi connectivity index (χ1n) is 6.52. The molecule has 0 amide bonds. The van der Waals surface area contributed by atoms with E-state index in [1.54, 1.807) is 26.2 Å². The number of ether oxygens (including phenoxy) is 3. The fraction of sp³-hybridized carbons (Fsp3) is 0.467. The Kier molecular flexibility index (Phi) is 6.38. The van der Waals surface area contributed by atoms with Crippen molar-refractivity contribution in [3.63, 3.8) is 0 Å². The second-order valence-electron chi connectivity index (χ2n) is 4.06. The van der Waals surface area contributed by atoms with Gasteiger partial charge in [0.1, 0.15) is 5.92 Å². The molecule has 5 heteroatoms. The third-order valence-corrected chi connectivity index (χ3v) is 2.69. The molecule has 1 unspecified atom stereocenters. The summed E-state index contributed by atoms with van der Waals surface area (Å²) in [7, 11) is 1.55. The van der Waals surface area contributed by atoms with Crippen molar-refractivity contribution >= 4 is 5.97 Å². The Morgan fingerprint density at radius 3 is 2.60 bits per heavy atom. The molecule has 20 heavy (non-hydrogen) atoms. The molecule has 0 saturated carbocycles. The number of carbonyl (C=O) groups is 1. The van der Waals surface area contributed by atoms with Gasteiger partial charge in [-0.3, -0.25) is 4.79 Å². The first-order chi connectivity index (χ1) is 9.65. The topological polar surface area (TPSA) is 68.6 Å². The van der Waals surface area contributed by atoms with E-state index in [2.05, 4.69) is 0 Å². The van der Waals surface area contributed by atoms with Gasteiger partial charge in [-0.25, -0.2) is 0 Å². The Morgan fingerprint density at radius 2 is 2.05 bits per heavy atom. The van der Waals surface area contributed by atoms with E-state index in [9.17, 15) is 4.79 Å². The van der Waals surface area contributed by atoms with Crippen molar-refractivity contribution in [2.45, 2.75) is 20.3 Å². The van der Waals surface area contributed by atoms with Crippen molar-refractivity contribution in [2.75, 3.05) is 20.3 Å². The quantitative estimate of drug-likeness (QED) is 0.715. The summed E-state index contributed by atoms with van der Waals surface area (Å²) in [6, 6.07) is 7.33. The van der Waals surface area contributed by atoms with E-state index < -0.39 is 11.9 Å². The van der Waals surface area contributed by atoms with Crippen LogP contribution in [-0.4, -0.2) is 26.3 Å². The molecule has 108 valence electrons. The smallest absolute Gasteiger partial charge is 0.323 e. The maximum absolute atomic E-state index is 11.6. The highest BCUT2D eigenvalue weighted by Gasteiger charge is 2.20. The third-order valence-electron chi connectivity index (χ3n) is 2.69. The highest BCUT2D eigenvalue weighted by molar-refractivity contribution is 5.75. The minimum absolute atomic E-state index is 0.267. The molecular formula is C15H19NO4. The minimum Gasteiger partial charge on any atom is -0.493 e. The molecule has 0 aliphatic rings. The van der Waals surface area contributed by atoms with Gasteiger partial charge in [0.15, 0.2) is 11.5 Å². The van der Waals surface area contributed by atoms with Crippen molar-refractivity contribution in [2.24, 2.45) is 5.92 Å². The number of rotatable bonds is 7. The second-order valence-corrected chi connectivity index (χ2v) is 4.06. The molecule has 1 atom stereocenters. The summed E-state index contributed by atoms with van der Waals surface area (Å²) in [6.45, 7) is 4.41. The Labute approximate surface area is 119 Å². The lowest BCUT2D eigenvalue weighted by atomic mass is 10.0. The number of methoxy groups -OCH3 is 1. The summed E-state index contributed by atoms with van der Waals surface area (Å²) < 4.78 is 15.5. The van der Waals surface area contributed by atoms with Crippen LogP contribution in [0.2, 0.25) is 0 Å². The van der Waals surface area contributed by atoms with Crippen molar-refractivity contribution in [1.29, 1.82) is 5.26 Å². The number of hydrogen-bond acceptors (Lipinski definition) is 5. The van der Waals surface area contributed by atoms with Crippen molar-refractivity contribution < 1.29 is 19.0 Å². The molecule has 1 aromatic carbocycles. The van der Waals surface area contributed by atoms with E-state index in [-0.39, 0.29) is 13.0 Å². The maximum Gasteiger partial charge on any atom is 0.323 e. The molecule has 0 fully saturated rings. The van der Waals surface area contributed by atoms with E-state index >= 15 is 0 Å². The summed E-state index contributed by atoms with van der Waals surface area (Å²) in [5.41, 5.74) is 0.824. The number of nitriles is 1. The van der Waals surface area contributed by atoms with Crippen LogP contribution in [0.25, 0.3) is 0 Å². The fourth-order valence-corrected chi connectivity index (χ4v) is 1.77. The van der Waals surface area contributed by atoms with Gasteiger partial charge in [-0.1, -0.05) is 6.07 Å². The number of hydrogen-bond donors (Lipinski definition) is 0. The predicted molar refractivity (Wildman–Crippen MR) is 73.6 cm³/mol. The van der Waals surface area contributed by atoms with Gasteiger partial charge in [0, 0.05) is 0 Å². The first kappa shape index (κ1) is 15.8. The highest BCUT2D eigenvalue weighted by Crippen LogP contribution is 2.29. The number of nitrogens with zero attached hydrogens (tertiary/aromatic N) is 1. The average molecular weight is 277 g/mol. The Hall–Kier alpha value is -2.22. The molecule has 1 rings (SSSR count). The van der Waals surface area contributed by atoms with E-state index in [0.717, 1.165) is 5.56 Å². The van der Waals surface area contributed by atoms with Crippen molar-refractivity contribution in [3.8, 4) is 17.6 Å². The van der Waals surface area contributed by atoms with Gasteiger partial charge in [-0.05, 0) is 38.0 Å². The van der Waals surface area contributed by atoms with E-state index in [0.29, 0.717) is 18.1 Å². The van der Waals surface area contributed by atoms with Crippen LogP contribution < -0.4 is 9.47 Å². The van der Waals surface area contributed by atoms with Gasteiger partial charge in [0.2, 0.25) is 0 Å². The lowest BCUT2D eigenvalue weighted by molar-refractivity contribution is -0.145. The number of carbonyl (C=O) groups excluding carboxylic acids is 1. The Balaban J connectivity index is 2.86. The molecule has 0 spiro atoms. The Morgan fingerprint density at radius 1 is 1.30 bits per heavy atom. The maximum atomic E-state index is 11.6. The van der Waals surface area contributed by atoms with Crippen LogP contribution in [0.4, 0.5) is 0 Å². The normalized spacial score (nSPS) is 11.3. The van der Waals surface area contributed by atoms with Gasteiger partial charge < -0.3 is 14.2 Å². The summed E-state index contributed by atoms with van der Waals surface area (Å²) in [5.74, 6) is -0.0752. The molecule has 0 aliphatic carbocycles. The van der Waals surface area contributed by atoms with Gasteiger partial charge in [0.05, 0.1) is 26.4 Å². The number of benzene rings is 1. The van der Waals surface area contributed by atoms with Crippen LogP contribution in [0, 0.1) is 17.2 Å². The summed E-state index contributed by atoms with van der Waals surface area (Å²) in [6.07, 6.45) is 0.290.